The van der Waals surface area contributed by atoms with E-state index in [2.05, 4.69) is 5.32 Å². The minimum Gasteiger partial charge on any atom is -0.504 e. The van der Waals surface area contributed by atoms with Crippen LogP contribution in [0.5, 0.6) is 11.5 Å². The van der Waals surface area contributed by atoms with Crippen LogP contribution in [0.1, 0.15) is 24.1 Å². The fourth-order valence-corrected chi connectivity index (χ4v) is 1.90. The molecule has 2 rings (SSSR count). The molecule has 3 N–H and O–H groups in total. The van der Waals surface area contributed by atoms with Gasteiger partial charge >= 0.3 is 0 Å². The van der Waals surface area contributed by atoms with E-state index in [1.807, 2.05) is 37.3 Å². The van der Waals surface area contributed by atoms with Gasteiger partial charge in [-0.05, 0) is 36.3 Å². The maximum Gasteiger partial charge on any atom is 0.244 e. The van der Waals surface area contributed by atoms with Gasteiger partial charge in [-0.3, -0.25) is 4.79 Å². The summed E-state index contributed by atoms with van der Waals surface area (Å²) in [5.41, 5.74) is 1.66. The fourth-order valence-electron chi connectivity index (χ4n) is 1.90. The lowest BCUT2D eigenvalue weighted by Crippen LogP contribution is -2.24. The van der Waals surface area contributed by atoms with Gasteiger partial charge < -0.3 is 15.5 Å². The molecule has 0 aliphatic carbocycles. The normalized spacial score (nSPS) is 12.2. The highest BCUT2D eigenvalue weighted by Gasteiger charge is 2.06. The number of phenolic OH excluding ortho intramolecular Hbond substituents is 2. The average Bonchev–Trinajstić information content (AvgIpc) is 2.49. The van der Waals surface area contributed by atoms with E-state index in [9.17, 15) is 15.0 Å². The Morgan fingerprint density at radius 3 is 2.48 bits per heavy atom. The van der Waals surface area contributed by atoms with Crippen LogP contribution in [0.3, 0.4) is 0 Å². The molecule has 2 aromatic rings. The van der Waals surface area contributed by atoms with Crippen molar-refractivity contribution in [3.8, 4) is 11.5 Å². The Balaban J connectivity index is 1.98. The van der Waals surface area contributed by atoms with Crippen LogP contribution in [0.4, 0.5) is 0 Å². The highest BCUT2D eigenvalue weighted by molar-refractivity contribution is 5.92. The topological polar surface area (TPSA) is 69.6 Å². The number of amides is 1. The molecule has 0 saturated carbocycles. The Hall–Kier alpha value is -2.75. The second-order valence-corrected chi connectivity index (χ2v) is 4.72. The van der Waals surface area contributed by atoms with E-state index >= 15 is 0 Å². The first-order chi connectivity index (χ1) is 10.1. The predicted octanol–water partition coefficient (Wildman–Crippen LogP) is 2.99. The molecular weight excluding hydrogens is 266 g/mol. The van der Waals surface area contributed by atoms with Crippen LogP contribution in [0.2, 0.25) is 0 Å². The molecule has 0 aliphatic rings. The standard InChI is InChI=1S/C17H17NO3/c1-12(14-5-3-2-4-6-14)18-17(21)10-8-13-7-9-15(19)16(20)11-13/h2-12,19-20H,1H3,(H,18,21)/b10-8+. The lowest BCUT2D eigenvalue weighted by molar-refractivity contribution is -0.117. The zero-order chi connectivity index (χ0) is 15.2. The molecule has 0 aliphatic heterocycles. The number of phenols is 2. The van der Waals surface area contributed by atoms with Crippen LogP contribution in [-0.2, 0) is 4.79 Å². The van der Waals surface area contributed by atoms with E-state index in [-0.39, 0.29) is 23.4 Å². The fraction of sp³-hybridized carbons (Fsp3) is 0.118. The number of nitrogens with one attached hydrogen (secondary N) is 1. The molecule has 0 spiro atoms. The van der Waals surface area contributed by atoms with E-state index in [1.165, 1.54) is 18.2 Å². The summed E-state index contributed by atoms with van der Waals surface area (Å²) in [5, 5.41) is 21.4. The van der Waals surface area contributed by atoms with E-state index in [0.717, 1.165) is 5.56 Å². The third-order valence-corrected chi connectivity index (χ3v) is 3.08. The minimum absolute atomic E-state index is 0.0865. The Morgan fingerprint density at radius 2 is 1.81 bits per heavy atom. The van der Waals surface area contributed by atoms with Gasteiger partial charge in [-0.15, -0.1) is 0 Å². The zero-order valence-electron chi connectivity index (χ0n) is 11.7. The number of hydrogen-bond donors (Lipinski definition) is 3. The maximum atomic E-state index is 11.8. The molecule has 1 amide bonds. The van der Waals surface area contributed by atoms with Gasteiger partial charge in [-0.1, -0.05) is 36.4 Å². The lowest BCUT2D eigenvalue weighted by Gasteiger charge is -2.12. The van der Waals surface area contributed by atoms with Crippen molar-refractivity contribution in [2.45, 2.75) is 13.0 Å². The molecule has 1 unspecified atom stereocenters. The van der Waals surface area contributed by atoms with Gasteiger partial charge in [0.1, 0.15) is 0 Å². The van der Waals surface area contributed by atoms with Crippen LogP contribution in [0.25, 0.3) is 6.08 Å². The summed E-state index contributed by atoms with van der Waals surface area (Å²) in [6.07, 6.45) is 2.97. The monoisotopic (exact) mass is 283 g/mol. The third kappa shape index (κ3) is 4.11. The van der Waals surface area contributed by atoms with Crippen molar-refractivity contribution in [1.29, 1.82) is 0 Å². The predicted molar refractivity (Wildman–Crippen MR) is 81.8 cm³/mol. The van der Waals surface area contributed by atoms with Gasteiger partial charge in [0.2, 0.25) is 5.91 Å². The summed E-state index contributed by atoms with van der Waals surface area (Å²) in [4.78, 5) is 11.8. The number of aromatic hydroxyl groups is 2. The van der Waals surface area contributed by atoms with E-state index in [0.29, 0.717) is 5.56 Å². The minimum atomic E-state index is -0.223. The van der Waals surface area contributed by atoms with Crippen molar-refractivity contribution >= 4 is 12.0 Å². The molecule has 0 saturated heterocycles. The van der Waals surface area contributed by atoms with Crippen LogP contribution >= 0.6 is 0 Å². The van der Waals surface area contributed by atoms with Crippen molar-refractivity contribution in [3.63, 3.8) is 0 Å². The number of benzene rings is 2. The lowest BCUT2D eigenvalue weighted by atomic mass is 10.1. The molecule has 108 valence electrons. The van der Waals surface area contributed by atoms with Crippen LogP contribution < -0.4 is 5.32 Å². The SMILES string of the molecule is CC(NC(=O)/C=C/c1ccc(O)c(O)c1)c1ccccc1. The smallest absolute Gasteiger partial charge is 0.244 e. The quantitative estimate of drug-likeness (QED) is 0.597. The second kappa shape index (κ2) is 6.61. The summed E-state index contributed by atoms with van der Waals surface area (Å²) in [6.45, 7) is 1.91. The summed E-state index contributed by atoms with van der Waals surface area (Å²) < 4.78 is 0. The molecule has 4 nitrogen and oxygen atoms in total. The first-order valence-electron chi connectivity index (χ1n) is 6.62. The molecule has 0 bridgehead atoms. The van der Waals surface area contributed by atoms with Crippen molar-refractivity contribution in [2.75, 3.05) is 0 Å². The molecule has 21 heavy (non-hydrogen) atoms. The van der Waals surface area contributed by atoms with Gasteiger partial charge in [0.05, 0.1) is 6.04 Å². The van der Waals surface area contributed by atoms with E-state index < -0.39 is 0 Å². The molecule has 0 radical (unpaired) electrons. The van der Waals surface area contributed by atoms with Crippen LogP contribution in [0.15, 0.2) is 54.6 Å². The van der Waals surface area contributed by atoms with Crippen molar-refractivity contribution in [3.05, 3.63) is 65.7 Å². The highest BCUT2D eigenvalue weighted by atomic mass is 16.3. The number of carbonyl (C=O) groups is 1. The second-order valence-electron chi connectivity index (χ2n) is 4.72. The molecule has 0 fully saturated rings. The zero-order valence-corrected chi connectivity index (χ0v) is 11.7. The Morgan fingerprint density at radius 1 is 1.10 bits per heavy atom. The van der Waals surface area contributed by atoms with Crippen molar-refractivity contribution in [1.82, 2.24) is 5.32 Å². The molecule has 0 aromatic heterocycles. The summed E-state index contributed by atoms with van der Waals surface area (Å²) in [5.74, 6) is -0.622. The summed E-state index contributed by atoms with van der Waals surface area (Å²) in [6, 6.07) is 14.0. The Bertz CT molecular complexity index is 650. The van der Waals surface area contributed by atoms with Gasteiger partial charge in [0, 0.05) is 6.08 Å². The molecular formula is C17H17NO3. The van der Waals surface area contributed by atoms with E-state index in [1.54, 1.807) is 12.1 Å². The first kappa shape index (κ1) is 14.7. The average molecular weight is 283 g/mol. The first-order valence-corrected chi connectivity index (χ1v) is 6.62. The van der Waals surface area contributed by atoms with Crippen molar-refractivity contribution in [2.24, 2.45) is 0 Å². The number of carbonyl (C=O) groups excluding carboxylic acids is 1. The molecule has 1 atom stereocenters. The number of rotatable bonds is 4. The molecule has 0 heterocycles. The Kier molecular flexibility index (Phi) is 4.61. The van der Waals surface area contributed by atoms with Crippen molar-refractivity contribution < 1.29 is 15.0 Å². The van der Waals surface area contributed by atoms with Gasteiger partial charge in [0.25, 0.3) is 0 Å². The van der Waals surface area contributed by atoms with Crippen LogP contribution in [0, 0.1) is 0 Å². The largest absolute Gasteiger partial charge is 0.504 e. The highest BCUT2D eigenvalue weighted by Crippen LogP contribution is 2.25. The van der Waals surface area contributed by atoms with Gasteiger partial charge in [-0.2, -0.15) is 0 Å². The van der Waals surface area contributed by atoms with Gasteiger partial charge in [-0.25, -0.2) is 0 Å². The van der Waals surface area contributed by atoms with E-state index in [4.69, 9.17) is 0 Å². The number of hydrogen-bond acceptors (Lipinski definition) is 3. The van der Waals surface area contributed by atoms with Gasteiger partial charge in [0.15, 0.2) is 11.5 Å². The Labute approximate surface area is 123 Å². The molecule has 2 aromatic carbocycles. The molecule has 4 heteroatoms. The maximum absolute atomic E-state index is 11.8. The summed E-state index contributed by atoms with van der Waals surface area (Å²) >= 11 is 0. The van der Waals surface area contributed by atoms with Crippen LogP contribution in [-0.4, -0.2) is 16.1 Å². The third-order valence-electron chi connectivity index (χ3n) is 3.08. The summed E-state index contributed by atoms with van der Waals surface area (Å²) in [7, 11) is 0.